The largest absolute Gasteiger partial charge is 0.497 e. The number of aliphatic hydroxyl groups is 1. The average Bonchev–Trinajstić information content (AvgIpc) is 2.89. The zero-order valence-corrected chi connectivity index (χ0v) is 13.7. The molecule has 0 radical (unpaired) electrons. The van der Waals surface area contributed by atoms with Crippen LogP contribution in [0.2, 0.25) is 0 Å². The molecule has 1 N–H and O–H groups in total. The van der Waals surface area contributed by atoms with Crippen molar-refractivity contribution in [3.05, 3.63) is 29.8 Å². The first-order valence-corrected chi connectivity index (χ1v) is 7.60. The highest BCUT2D eigenvalue weighted by Crippen LogP contribution is 2.38. The molecule has 122 valence electrons. The minimum atomic E-state index is -0.534. The standard InChI is InChI=1S/C17H25NO4/c1-17(2,3)22-16(20)18-9-8-13(11-19)15(18)12-6-5-7-14(10-12)21-4/h5-7,10,13,15,19H,8-9,11H2,1-4H3. The lowest BCUT2D eigenvalue weighted by Crippen LogP contribution is -2.37. The third-order valence-electron chi connectivity index (χ3n) is 3.82. The van der Waals surface area contributed by atoms with Crippen molar-refractivity contribution in [1.29, 1.82) is 0 Å². The highest BCUT2D eigenvalue weighted by Gasteiger charge is 2.39. The Balaban J connectivity index is 2.28. The summed E-state index contributed by atoms with van der Waals surface area (Å²) in [5, 5.41) is 9.65. The van der Waals surface area contributed by atoms with Crippen molar-refractivity contribution in [3.8, 4) is 5.75 Å². The summed E-state index contributed by atoms with van der Waals surface area (Å²) in [4.78, 5) is 14.2. The molecule has 1 aromatic rings. The number of rotatable bonds is 3. The van der Waals surface area contributed by atoms with Gasteiger partial charge in [0.1, 0.15) is 11.4 Å². The zero-order chi connectivity index (χ0) is 16.3. The van der Waals surface area contributed by atoms with Crippen LogP contribution in [0.3, 0.4) is 0 Å². The molecule has 1 fully saturated rings. The lowest BCUT2D eigenvalue weighted by atomic mass is 9.94. The minimum Gasteiger partial charge on any atom is -0.497 e. The summed E-state index contributed by atoms with van der Waals surface area (Å²) in [6.07, 6.45) is 0.425. The third kappa shape index (κ3) is 3.71. The number of hydrogen-bond acceptors (Lipinski definition) is 4. The summed E-state index contributed by atoms with van der Waals surface area (Å²) in [6.45, 7) is 6.18. The first kappa shape index (κ1) is 16.6. The fraction of sp³-hybridized carbons (Fsp3) is 0.588. The van der Waals surface area contributed by atoms with Crippen LogP contribution in [-0.2, 0) is 4.74 Å². The Morgan fingerprint density at radius 3 is 2.73 bits per heavy atom. The van der Waals surface area contributed by atoms with Gasteiger partial charge >= 0.3 is 6.09 Å². The Morgan fingerprint density at radius 1 is 1.41 bits per heavy atom. The fourth-order valence-electron chi connectivity index (χ4n) is 2.85. The van der Waals surface area contributed by atoms with Crippen LogP contribution in [0.4, 0.5) is 4.79 Å². The SMILES string of the molecule is COc1cccc(C2C(CO)CCN2C(=O)OC(C)(C)C)c1. The summed E-state index contributed by atoms with van der Waals surface area (Å²) < 4.78 is 10.8. The molecule has 0 aromatic heterocycles. The molecule has 0 bridgehead atoms. The van der Waals surface area contributed by atoms with E-state index >= 15 is 0 Å². The molecule has 1 amide bonds. The van der Waals surface area contributed by atoms with Crippen LogP contribution >= 0.6 is 0 Å². The fourth-order valence-corrected chi connectivity index (χ4v) is 2.85. The molecular formula is C17H25NO4. The molecule has 1 heterocycles. The number of likely N-dealkylation sites (tertiary alicyclic amines) is 1. The van der Waals surface area contributed by atoms with Gasteiger partial charge in [-0.1, -0.05) is 12.1 Å². The van der Waals surface area contributed by atoms with Gasteiger partial charge in [-0.3, -0.25) is 0 Å². The van der Waals surface area contributed by atoms with E-state index in [4.69, 9.17) is 9.47 Å². The lowest BCUT2D eigenvalue weighted by Gasteiger charge is -2.30. The summed E-state index contributed by atoms with van der Waals surface area (Å²) in [5.74, 6) is 0.754. The topological polar surface area (TPSA) is 59.0 Å². The van der Waals surface area contributed by atoms with E-state index in [-0.39, 0.29) is 24.7 Å². The molecule has 2 atom stereocenters. The van der Waals surface area contributed by atoms with Gasteiger partial charge in [0.15, 0.2) is 0 Å². The van der Waals surface area contributed by atoms with E-state index in [0.717, 1.165) is 17.7 Å². The molecule has 1 aliphatic heterocycles. The van der Waals surface area contributed by atoms with Crippen LogP contribution in [0.15, 0.2) is 24.3 Å². The Morgan fingerprint density at radius 2 is 2.14 bits per heavy atom. The summed E-state index contributed by atoms with van der Waals surface area (Å²) in [7, 11) is 1.61. The van der Waals surface area contributed by atoms with E-state index in [1.54, 1.807) is 12.0 Å². The van der Waals surface area contributed by atoms with E-state index in [0.29, 0.717) is 6.54 Å². The molecule has 1 aromatic carbocycles. The number of carbonyl (C=O) groups excluding carboxylic acids is 1. The van der Waals surface area contributed by atoms with E-state index in [1.165, 1.54) is 0 Å². The van der Waals surface area contributed by atoms with Crippen molar-refractivity contribution in [2.75, 3.05) is 20.3 Å². The second kappa shape index (κ2) is 6.57. The Bertz CT molecular complexity index is 524. The van der Waals surface area contributed by atoms with Gasteiger partial charge in [0.2, 0.25) is 0 Å². The van der Waals surface area contributed by atoms with Crippen LogP contribution < -0.4 is 4.74 Å². The molecule has 1 aliphatic rings. The Labute approximate surface area is 131 Å². The molecule has 0 saturated carbocycles. The molecule has 5 heteroatoms. The Hall–Kier alpha value is -1.75. The minimum absolute atomic E-state index is 0.0135. The average molecular weight is 307 g/mol. The van der Waals surface area contributed by atoms with Gasteiger partial charge in [-0.15, -0.1) is 0 Å². The van der Waals surface area contributed by atoms with Crippen molar-refractivity contribution in [3.63, 3.8) is 0 Å². The first-order valence-electron chi connectivity index (χ1n) is 7.60. The predicted molar refractivity (Wildman–Crippen MR) is 83.9 cm³/mol. The van der Waals surface area contributed by atoms with Gasteiger partial charge < -0.3 is 19.5 Å². The molecular weight excluding hydrogens is 282 g/mol. The van der Waals surface area contributed by atoms with Crippen LogP contribution in [-0.4, -0.2) is 42.0 Å². The van der Waals surface area contributed by atoms with Gasteiger partial charge in [0.05, 0.1) is 13.2 Å². The number of hydrogen-bond donors (Lipinski definition) is 1. The van der Waals surface area contributed by atoms with E-state index in [2.05, 4.69) is 0 Å². The maximum atomic E-state index is 12.5. The molecule has 1 saturated heterocycles. The number of amides is 1. The van der Waals surface area contributed by atoms with Gasteiger partial charge in [-0.2, -0.15) is 0 Å². The third-order valence-corrected chi connectivity index (χ3v) is 3.82. The molecule has 2 rings (SSSR count). The summed E-state index contributed by atoms with van der Waals surface area (Å²) >= 11 is 0. The second-order valence-corrected chi connectivity index (χ2v) is 6.63. The van der Waals surface area contributed by atoms with Crippen LogP contribution in [0.1, 0.15) is 38.8 Å². The van der Waals surface area contributed by atoms with Crippen molar-refractivity contribution in [1.82, 2.24) is 4.90 Å². The highest BCUT2D eigenvalue weighted by atomic mass is 16.6. The van der Waals surface area contributed by atoms with Gasteiger partial charge in [0, 0.05) is 19.1 Å². The molecule has 0 aliphatic carbocycles. The molecule has 0 spiro atoms. The van der Waals surface area contributed by atoms with Crippen LogP contribution in [0, 0.1) is 5.92 Å². The van der Waals surface area contributed by atoms with Gasteiger partial charge in [-0.05, 0) is 44.9 Å². The number of aliphatic hydroxyl groups excluding tert-OH is 1. The first-order chi connectivity index (χ1) is 10.4. The lowest BCUT2D eigenvalue weighted by molar-refractivity contribution is 0.0191. The number of ether oxygens (including phenoxy) is 2. The summed E-state index contributed by atoms with van der Waals surface area (Å²) in [5.41, 5.74) is 0.426. The normalized spacial score (nSPS) is 21.8. The maximum Gasteiger partial charge on any atom is 0.410 e. The number of nitrogens with zero attached hydrogens (tertiary/aromatic N) is 1. The van der Waals surface area contributed by atoms with Gasteiger partial charge in [-0.25, -0.2) is 4.79 Å². The number of benzene rings is 1. The quantitative estimate of drug-likeness (QED) is 0.932. The van der Waals surface area contributed by atoms with E-state index in [9.17, 15) is 9.90 Å². The predicted octanol–water partition coefficient (Wildman–Crippen LogP) is 2.99. The van der Waals surface area contributed by atoms with E-state index < -0.39 is 5.60 Å². The summed E-state index contributed by atoms with van der Waals surface area (Å²) in [6, 6.07) is 7.45. The molecule has 2 unspecified atom stereocenters. The van der Waals surface area contributed by atoms with Crippen molar-refractivity contribution in [2.45, 2.75) is 38.8 Å². The van der Waals surface area contributed by atoms with E-state index in [1.807, 2.05) is 45.0 Å². The smallest absolute Gasteiger partial charge is 0.410 e. The zero-order valence-electron chi connectivity index (χ0n) is 13.7. The monoisotopic (exact) mass is 307 g/mol. The van der Waals surface area contributed by atoms with Crippen molar-refractivity contribution in [2.24, 2.45) is 5.92 Å². The van der Waals surface area contributed by atoms with Gasteiger partial charge in [0.25, 0.3) is 0 Å². The Kier molecular flexibility index (Phi) is 4.96. The number of carbonyl (C=O) groups is 1. The molecule has 22 heavy (non-hydrogen) atoms. The van der Waals surface area contributed by atoms with Crippen molar-refractivity contribution < 1.29 is 19.4 Å². The number of methoxy groups -OCH3 is 1. The molecule has 5 nitrogen and oxygen atoms in total. The highest BCUT2D eigenvalue weighted by molar-refractivity contribution is 5.69. The second-order valence-electron chi connectivity index (χ2n) is 6.63. The van der Waals surface area contributed by atoms with Crippen LogP contribution in [0.25, 0.3) is 0 Å². The van der Waals surface area contributed by atoms with Crippen LogP contribution in [0.5, 0.6) is 5.75 Å². The maximum absolute atomic E-state index is 12.5. The van der Waals surface area contributed by atoms with Crippen molar-refractivity contribution >= 4 is 6.09 Å².